The minimum Gasteiger partial charge on any atom is -0.387 e. The lowest BCUT2D eigenvalue weighted by Gasteiger charge is -2.15. The first-order valence-corrected chi connectivity index (χ1v) is 9.91. The summed E-state index contributed by atoms with van der Waals surface area (Å²) in [6, 6.07) is 0. The van der Waals surface area contributed by atoms with Gasteiger partial charge in [0.05, 0.1) is 6.10 Å². The number of aliphatic hydroxyl groups is 2. The first kappa shape index (κ1) is 16.8. The van der Waals surface area contributed by atoms with Crippen LogP contribution in [0.15, 0.2) is 6.33 Å². The van der Waals surface area contributed by atoms with E-state index in [4.69, 9.17) is 20.3 Å². The zero-order valence-electron chi connectivity index (χ0n) is 10.4. The number of nitrogens with zero attached hydrogens (tertiary/aromatic N) is 3. The number of nitrogens with two attached hydrogens (primary N) is 1. The third-order valence-corrected chi connectivity index (χ3v) is 5.95. The van der Waals surface area contributed by atoms with Crippen molar-refractivity contribution in [1.29, 1.82) is 0 Å². The fourth-order valence-electron chi connectivity index (χ4n) is 1.77. The van der Waals surface area contributed by atoms with E-state index in [1.807, 2.05) is 0 Å². The molecule has 1 saturated heterocycles. The van der Waals surface area contributed by atoms with E-state index in [1.54, 1.807) is 0 Å². The van der Waals surface area contributed by atoms with Crippen LogP contribution in [0.2, 0.25) is 0 Å². The van der Waals surface area contributed by atoms with Gasteiger partial charge in [-0.2, -0.15) is 0 Å². The Labute approximate surface area is 127 Å². The van der Waals surface area contributed by atoms with Crippen LogP contribution in [0.4, 0.5) is 0 Å². The largest absolute Gasteiger partial charge is 0.387 e. The molecule has 1 aromatic heterocycles. The third-order valence-electron chi connectivity index (χ3n) is 2.73. The highest BCUT2D eigenvalue weighted by Crippen LogP contribution is 2.51. The molecule has 1 amide bonds. The van der Waals surface area contributed by atoms with E-state index in [9.17, 15) is 15.0 Å². The molecule has 1 aliphatic rings. The molecule has 1 fully saturated rings. The van der Waals surface area contributed by atoms with Crippen LogP contribution in [0, 0.1) is 0 Å². The quantitative estimate of drug-likeness (QED) is 0.370. The Kier molecular flexibility index (Phi) is 5.00. The van der Waals surface area contributed by atoms with E-state index in [2.05, 4.69) is 21.9 Å². The molecule has 0 radical (unpaired) electrons. The van der Waals surface area contributed by atoms with Crippen LogP contribution >= 0.6 is 17.1 Å². The van der Waals surface area contributed by atoms with E-state index in [0.717, 1.165) is 11.0 Å². The third kappa shape index (κ3) is 3.99. The fraction of sp³-hybridized carbons (Fsp3) is 0.625. The maximum Gasteiger partial charge on any atom is 0.288 e. The Morgan fingerprint density at radius 3 is 2.71 bits per heavy atom. The summed E-state index contributed by atoms with van der Waals surface area (Å²) in [5.41, 5.74) is 1.53. The molecule has 4 atom stereocenters. The van der Waals surface area contributed by atoms with Crippen LogP contribution in [0.25, 0.3) is 0 Å². The molecule has 21 heavy (non-hydrogen) atoms. The van der Waals surface area contributed by atoms with Gasteiger partial charge >= 0.3 is 0 Å². The van der Waals surface area contributed by atoms with Crippen LogP contribution < -0.4 is 5.73 Å². The van der Waals surface area contributed by atoms with Gasteiger partial charge in [0.25, 0.3) is 5.91 Å². The van der Waals surface area contributed by atoms with Gasteiger partial charge in [0.2, 0.25) is 11.5 Å². The molecular formula is C8H13N4O6PS2. The number of carbonyl (C=O) groups is 1. The normalized spacial score (nSPS) is 29.7. The molecule has 1 aliphatic heterocycles. The van der Waals surface area contributed by atoms with Gasteiger partial charge in [-0.3, -0.25) is 4.79 Å². The van der Waals surface area contributed by atoms with Crippen molar-refractivity contribution in [3.8, 4) is 0 Å². The lowest BCUT2D eigenvalue weighted by Crippen LogP contribution is -2.32. The number of aromatic nitrogens is 3. The molecule has 2 rings (SSSR count). The van der Waals surface area contributed by atoms with E-state index >= 15 is 0 Å². The zero-order valence-corrected chi connectivity index (χ0v) is 12.9. The van der Waals surface area contributed by atoms with Gasteiger partial charge in [0.15, 0.2) is 6.23 Å². The van der Waals surface area contributed by atoms with Crippen LogP contribution in [-0.2, 0) is 16.5 Å². The first-order chi connectivity index (χ1) is 9.69. The topological polar surface area (TPSA) is 164 Å². The summed E-state index contributed by atoms with van der Waals surface area (Å²) in [5, 5.41) is 23.5. The number of carbonyl (C=O) groups excluding carboxylic acids is 1. The molecule has 0 spiro atoms. The van der Waals surface area contributed by atoms with Gasteiger partial charge in [-0.15, -0.1) is 5.10 Å². The van der Waals surface area contributed by atoms with E-state index in [1.165, 1.54) is 0 Å². The molecule has 10 nitrogen and oxygen atoms in total. The highest BCUT2D eigenvalue weighted by molar-refractivity contribution is 8.67. The second-order valence-electron chi connectivity index (χ2n) is 4.25. The Morgan fingerprint density at radius 2 is 2.19 bits per heavy atom. The average Bonchev–Trinajstić information content (AvgIpc) is 2.94. The first-order valence-electron chi connectivity index (χ1n) is 5.61. The Balaban J connectivity index is 2.08. The molecule has 0 saturated carbocycles. The molecule has 6 N–H and O–H groups in total. The minimum atomic E-state index is -3.48. The van der Waals surface area contributed by atoms with Gasteiger partial charge < -0.3 is 30.5 Å². The number of rotatable bonds is 5. The van der Waals surface area contributed by atoms with Crippen molar-refractivity contribution in [2.24, 2.45) is 5.73 Å². The molecule has 2 heterocycles. The summed E-state index contributed by atoms with van der Waals surface area (Å²) in [6.45, 7) is 0. The highest BCUT2D eigenvalue weighted by Gasteiger charge is 2.44. The van der Waals surface area contributed by atoms with Crippen molar-refractivity contribution in [2.45, 2.75) is 24.5 Å². The van der Waals surface area contributed by atoms with Crippen molar-refractivity contribution >= 4 is 34.8 Å². The monoisotopic (exact) mass is 356 g/mol. The van der Waals surface area contributed by atoms with Crippen LogP contribution in [0.1, 0.15) is 16.8 Å². The van der Waals surface area contributed by atoms with Gasteiger partial charge in [0.1, 0.15) is 18.5 Å². The summed E-state index contributed by atoms with van der Waals surface area (Å²) in [5.74, 6) is -1.11. The molecule has 0 aliphatic carbocycles. The summed E-state index contributed by atoms with van der Waals surface area (Å²) < 4.78 is 6.46. The van der Waals surface area contributed by atoms with Crippen LogP contribution in [0.5, 0.6) is 0 Å². The molecule has 118 valence electrons. The highest BCUT2D eigenvalue weighted by atomic mass is 32.9. The Bertz CT molecular complexity index is 579. The van der Waals surface area contributed by atoms with E-state index in [-0.39, 0.29) is 11.6 Å². The Hall–Kier alpha value is -0.590. The summed E-state index contributed by atoms with van der Waals surface area (Å²) >= 11 is 5.11. The van der Waals surface area contributed by atoms with E-state index in [0.29, 0.717) is 11.4 Å². The summed E-state index contributed by atoms with van der Waals surface area (Å²) in [6.07, 6.45) is -3.41. The summed E-state index contributed by atoms with van der Waals surface area (Å²) in [7, 11) is 0. The van der Waals surface area contributed by atoms with Crippen molar-refractivity contribution in [3.63, 3.8) is 0 Å². The fourth-order valence-corrected chi connectivity index (χ4v) is 3.95. The number of aliphatic hydroxyl groups excluding tert-OH is 2. The van der Waals surface area contributed by atoms with Crippen LogP contribution in [-0.4, -0.2) is 64.7 Å². The molecule has 0 bridgehead atoms. The van der Waals surface area contributed by atoms with Crippen molar-refractivity contribution in [1.82, 2.24) is 14.8 Å². The van der Waals surface area contributed by atoms with Crippen LogP contribution in [0.3, 0.4) is 0 Å². The number of amides is 1. The second kappa shape index (κ2) is 6.26. The number of ether oxygens (including phenoxy) is 1. The SMILES string of the molecule is NC(=O)c1ncn([C@@H]2O[C@H](CSP(O)(O)=S)[C@H](O)C2O)n1. The molecule has 1 aromatic rings. The molecule has 1 unspecified atom stereocenters. The predicted octanol–water partition coefficient (Wildman–Crippen LogP) is -2.06. The predicted molar refractivity (Wildman–Crippen MR) is 75.6 cm³/mol. The maximum atomic E-state index is 10.9. The van der Waals surface area contributed by atoms with Gasteiger partial charge in [-0.05, 0) is 11.8 Å². The van der Waals surface area contributed by atoms with Crippen molar-refractivity contribution < 1.29 is 29.5 Å². The number of hydrogen-bond donors (Lipinski definition) is 5. The molecule has 13 heteroatoms. The standard InChI is InChI=1S/C8H13N4O6PS2/c9-6(15)7-10-2-12(11-7)8-5(14)4(13)3(18-8)1-21-19(16,17)20/h2-5,8,13-14H,1H2,(H2,9,15)(H2,16,17,20)/t3-,4+,5?,8-/m1/s1. The lowest BCUT2D eigenvalue weighted by molar-refractivity contribution is -0.0389. The van der Waals surface area contributed by atoms with Gasteiger partial charge in [-0.1, -0.05) is 11.4 Å². The lowest BCUT2D eigenvalue weighted by atomic mass is 10.1. The Morgan fingerprint density at radius 1 is 1.52 bits per heavy atom. The number of hydrogen-bond acceptors (Lipinski definition) is 8. The molecular weight excluding hydrogens is 343 g/mol. The zero-order chi connectivity index (χ0) is 15.8. The van der Waals surface area contributed by atoms with Crippen molar-refractivity contribution in [3.05, 3.63) is 12.2 Å². The minimum absolute atomic E-state index is 0.0175. The van der Waals surface area contributed by atoms with Gasteiger partial charge in [0, 0.05) is 5.75 Å². The van der Waals surface area contributed by atoms with E-state index < -0.39 is 36.1 Å². The molecule has 0 aromatic carbocycles. The maximum absolute atomic E-state index is 10.9. The second-order valence-corrected chi connectivity index (χ2v) is 10.3. The average molecular weight is 356 g/mol. The van der Waals surface area contributed by atoms with Gasteiger partial charge in [-0.25, -0.2) is 9.67 Å². The smallest absolute Gasteiger partial charge is 0.288 e. The van der Waals surface area contributed by atoms with Crippen molar-refractivity contribution in [2.75, 3.05) is 5.75 Å². The number of primary amides is 1. The summed E-state index contributed by atoms with van der Waals surface area (Å²) in [4.78, 5) is 32.8.